The summed E-state index contributed by atoms with van der Waals surface area (Å²) in [6.45, 7) is 0. The SMILES string of the molecule is CNc1nnc(C2CCCC(c3nnc(NC(=O)Cc4ccc(C(N)=O)cn4)s3)C2)s1. The Bertz CT molecular complexity index is 1070. The number of primary amides is 1. The third-order valence-electron chi connectivity index (χ3n) is 5.17. The third-order valence-corrected chi connectivity index (χ3v) is 7.27. The molecule has 2 atom stereocenters. The van der Waals surface area contributed by atoms with Crippen molar-refractivity contribution in [1.29, 1.82) is 0 Å². The van der Waals surface area contributed by atoms with Gasteiger partial charge in [0.15, 0.2) is 0 Å². The summed E-state index contributed by atoms with van der Waals surface area (Å²) >= 11 is 3.01. The molecule has 0 radical (unpaired) electrons. The minimum atomic E-state index is -0.552. The van der Waals surface area contributed by atoms with Crippen LogP contribution in [0.15, 0.2) is 18.3 Å². The summed E-state index contributed by atoms with van der Waals surface area (Å²) < 4.78 is 0. The molecule has 162 valence electrons. The molecule has 3 aromatic heterocycles. The molecule has 31 heavy (non-hydrogen) atoms. The molecule has 0 aromatic carbocycles. The van der Waals surface area contributed by atoms with Gasteiger partial charge in [-0.2, -0.15) is 0 Å². The van der Waals surface area contributed by atoms with Crippen LogP contribution in [0.25, 0.3) is 0 Å². The van der Waals surface area contributed by atoms with Crippen molar-refractivity contribution in [2.24, 2.45) is 5.73 Å². The molecule has 0 bridgehead atoms. The zero-order valence-corrected chi connectivity index (χ0v) is 18.5. The van der Waals surface area contributed by atoms with Crippen LogP contribution in [0.5, 0.6) is 0 Å². The maximum atomic E-state index is 12.3. The lowest BCUT2D eigenvalue weighted by Crippen LogP contribution is -2.16. The number of nitrogens with zero attached hydrogens (tertiary/aromatic N) is 5. The number of amides is 2. The van der Waals surface area contributed by atoms with Gasteiger partial charge in [-0.15, -0.1) is 20.4 Å². The van der Waals surface area contributed by atoms with Gasteiger partial charge in [0.05, 0.1) is 12.0 Å². The summed E-state index contributed by atoms with van der Waals surface area (Å²) in [5.41, 5.74) is 6.05. The van der Waals surface area contributed by atoms with Crippen molar-refractivity contribution in [3.8, 4) is 0 Å². The highest BCUT2D eigenvalue weighted by Crippen LogP contribution is 2.43. The van der Waals surface area contributed by atoms with Crippen LogP contribution in [0.1, 0.15) is 63.6 Å². The minimum absolute atomic E-state index is 0.0737. The Morgan fingerprint density at radius 2 is 1.74 bits per heavy atom. The lowest BCUT2D eigenvalue weighted by molar-refractivity contribution is -0.115. The molecule has 0 aliphatic heterocycles. The highest BCUT2D eigenvalue weighted by molar-refractivity contribution is 7.15. The fourth-order valence-corrected chi connectivity index (χ4v) is 5.34. The van der Waals surface area contributed by atoms with E-state index in [4.69, 9.17) is 5.73 Å². The van der Waals surface area contributed by atoms with E-state index in [1.807, 2.05) is 7.05 Å². The fraction of sp³-hybridized carbons (Fsp3) is 0.421. The number of carbonyl (C=O) groups is 2. The quantitative estimate of drug-likeness (QED) is 0.489. The van der Waals surface area contributed by atoms with Crippen LogP contribution in [-0.4, -0.2) is 44.2 Å². The Hall–Kier alpha value is -2.99. The molecule has 0 saturated heterocycles. The van der Waals surface area contributed by atoms with Gasteiger partial charge in [-0.05, 0) is 31.4 Å². The van der Waals surface area contributed by atoms with Crippen molar-refractivity contribution < 1.29 is 9.59 Å². The van der Waals surface area contributed by atoms with Crippen LogP contribution in [0.2, 0.25) is 0 Å². The predicted octanol–water partition coefficient (Wildman–Crippen LogP) is 2.55. The van der Waals surface area contributed by atoms with E-state index in [0.29, 0.717) is 28.2 Å². The van der Waals surface area contributed by atoms with Gasteiger partial charge in [-0.25, -0.2) is 0 Å². The first kappa shape index (κ1) is 21.2. The van der Waals surface area contributed by atoms with Gasteiger partial charge < -0.3 is 16.4 Å². The summed E-state index contributed by atoms with van der Waals surface area (Å²) in [7, 11) is 1.84. The highest BCUT2D eigenvalue weighted by Gasteiger charge is 2.29. The maximum absolute atomic E-state index is 12.3. The van der Waals surface area contributed by atoms with Crippen LogP contribution in [0.3, 0.4) is 0 Å². The van der Waals surface area contributed by atoms with E-state index in [2.05, 4.69) is 36.0 Å². The normalized spacial score (nSPS) is 18.5. The largest absolute Gasteiger partial charge is 0.366 e. The van der Waals surface area contributed by atoms with Crippen molar-refractivity contribution in [2.75, 3.05) is 17.7 Å². The molecule has 4 N–H and O–H groups in total. The van der Waals surface area contributed by atoms with E-state index in [1.54, 1.807) is 23.5 Å². The van der Waals surface area contributed by atoms with Crippen LogP contribution in [0.4, 0.5) is 10.3 Å². The second-order valence-corrected chi connectivity index (χ2v) is 9.35. The highest BCUT2D eigenvalue weighted by atomic mass is 32.1. The van der Waals surface area contributed by atoms with Gasteiger partial charge in [0, 0.05) is 30.8 Å². The molecule has 0 spiro atoms. The Balaban J connectivity index is 1.35. The first-order chi connectivity index (χ1) is 15.0. The number of hydrogen-bond acceptors (Lipinski definition) is 10. The molecule has 4 rings (SSSR count). The van der Waals surface area contributed by atoms with Gasteiger partial charge in [0.2, 0.25) is 22.1 Å². The zero-order chi connectivity index (χ0) is 21.8. The summed E-state index contributed by atoms with van der Waals surface area (Å²) in [5.74, 6) is -0.123. The molecule has 2 amide bonds. The van der Waals surface area contributed by atoms with Crippen LogP contribution in [-0.2, 0) is 11.2 Å². The summed E-state index contributed by atoms with van der Waals surface area (Å²) in [6.07, 6.45) is 5.63. The lowest BCUT2D eigenvalue weighted by atomic mass is 9.82. The number of nitrogens with one attached hydrogen (secondary N) is 2. The van der Waals surface area contributed by atoms with E-state index in [-0.39, 0.29) is 12.3 Å². The molecule has 3 heterocycles. The van der Waals surface area contributed by atoms with Crippen molar-refractivity contribution >= 4 is 44.8 Å². The summed E-state index contributed by atoms with van der Waals surface area (Å²) in [5, 5.41) is 26.1. The van der Waals surface area contributed by atoms with E-state index < -0.39 is 5.91 Å². The maximum Gasteiger partial charge on any atom is 0.250 e. The topological polar surface area (TPSA) is 149 Å². The first-order valence-corrected chi connectivity index (χ1v) is 11.5. The smallest absolute Gasteiger partial charge is 0.250 e. The van der Waals surface area contributed by atoms with E-state index in [9.17, 15) is 9.59 Å². The van der Waals surface area contributed by atoms with Crippen molar-refractivity contribution in [3.63, 3.8) is 0 Å². The van der Waals surface area contributed by atoms with E-state index >= 15 is 0 Å². The lowest BCUT2D eigenvalue weighted by Gasteiger charge is -2.25. The second kappa shape index (κ2) is 9.43. The van der Waals surface area contributed by atoms with Crippen LogP contribution in [0, 0.1) is 0 Å². The molecule has 1 aliphatic rings. The number of pyridine rings is 1. The number of carbonyl (C=O) groups excluding carboxylic acids is 2. The van der Waals surface area contributed by atoms with Gasteiger partial charge >= 0.3 is 0 Å². The van der Waals surface area contributed by atoms with Gasteiger partial charge in [-0.1, -0.05) is 29.1 Å². The monoisotopic (exact) mass is 458 g/mol. The fourth-order valence-electron chi connectivity index (χ4n) is 3.59. The van der Waals surface area contributed by atoms with Crippen LogP contribution < -0.4 is 16.4 Å². The molecular formula is C19H22N8O2S2. The Labute approximate surface area is 186 Å². The standard InChI is InChI=1S/C19H22N8O2S2/c1-21-18-26-24-16(30-18)10-3-2-4-11(7-10)17-25-27-19(31-17)23-14(28)8-13-6-5-12(9-22-13)15(20)29/h5-6,9-11H,2-4,7-8H2,1H3,(H2,20,29)(H,21,26)(H,23,27,28). The number of rotatable bonds is 7. The Morgan fingerprint density at radius 3 is 2.32 bits per heavy atom. The minimum Gasteiger partial charge on any atom is -0.366 e. The molecule has 12 heteroatoms. The van der Waals surface area contributed by atoms with Crippen LogP contribution >= 0.6 is 22.7 Å². The summed E-state index contributed by atoms with van der Waals surface area (Å²) in [4.78, 5) is 27.5. The Kier molecular flexibility index (Phi) is 6.47. The Morgan fingerprint density at radius 1 is 1.06 bits per heavy atom. The van der Waals surface area contributed by atoms with Gasteiger partial charge in [0.1, 0.15) is 10.0 Å². The van der Waals surface area contributed by atoms with Gasteiger partial charge in [0.25, 0.3) is 0 Å². The first-order valence-electron chi connectivity index (χ1n) is 9.91. The molecule has 1 saturated carbocycles. The zero-order valence-electron chi connectivity index (χ0n) is 16.9. The van der Waals surface area contributed by atoms with Crippen molar-refractivity contribution in [2.45, 2.75) is 43.9 Å². The molecule has 3 aromatic rings. The predicted molar refractivity (Wildman–Crippen MR) is 118 cm³/mol. The molecule has 2 unspecified atom stereocenters. The van der Waals surface area contributed by atoms with Crippen molar-refractivity contribution in [1.82, 2.24) is 25.4 Å². The number of anilines is 2. The molecule has 10 nitrogen and oxygen atoms in total. The number of nitrogens with two attached hydrogens (primary N) is 1. The molecule has 1 fully saturated rings. The average molecular weight is 459 g/mol. The third kappa shape index (κ3) is 5.20. The number of aromatic nitrogens is 5. The molecule has 1 aliphatic carbocycles. The number of hydrogen-bond donors (Lipinski definition) is 3. The van der Waals surface area contributed by atoms with E-state index in [1.165, 1.54) is 17.5 Å². The average Bonchev–Trinajstić information content (AvgIpc) is 3.44. The van der Waals surface area contributed by atoms with E-state index in [0.717, 1.165) is 40.8 Å². The molecular weight excluding hydrogens is 436 g/mol. The van der Waals surface area contributed by atoms with Gasteiger partial charge in [-0.3, -0.25) is 14.6 Å². The summed E-state index contributed by atoms with van der Waals surface area (Å²) in [6, 6.07) is 3.16. The van der Waals surface area contributed by atoms with Crippen molar-refractivity contribution in [3.05, 3.63) is 39.6 Å². The second-order valence-electron chi connectivity index (χ2n) is 7.33.